The highest BCUT2D eigenvalue weighted by Crippen LogP contribution is 2.29. The van der Waals surface area contributed by atoms with Gasteiger partial charge in [0.1, 0.15) is 6.10 Å². The molecule has 104 valence electrons. The van der Waals surface area contributed by atoms with E-state index in [0.29, 0.717) is 0 Å². The second kappa shape index (κ2) is 5.83. The lowest BCUT2D eigenvalue weighted by atomic mass is 10.0. The Balaban J connectivity index is 3.30. The Morgan fingerprint density at radius 3 is 1.79 bits per heavy atom. The van der Waals surface area contributed by atoms with E-state index in [1.807, 2.05) is 0 Å². The first-order valence-electron chi connectivity index (χ1n) is 4.71. The van der Waals surface area contributed by atoms with Crippen LogP contribution in [0.1, 0.15) is 11.7 Å². The summed E-state index contributed by atoms with van der Waals surface area (Å²) in [5.41, 5.74) is 6.36. The number of halogens is 5. The van der Waals surface area contributed by atoms with E-state index in [1.165, 1.54) is 0 Å². The Morgan fingerprint density at radius 1 is 0.947 bits per heavy atom. The molecule has 0 radical (unpaired) electrons. The fourth-order valence-electron chi connectivity index (χ4n) is 1.29. The van der Waals surface area contributed by atoms with Crippen molar-refractivity contribution in [2.24, 2.45) is 5.11 Å². The maximum atomic E-state index is 13.2. The lowest BCUT2D eigenvalue weighted by Gasteiger charge is -2.18. The van der Waals surface area contributed by atoms with Crippen molar-refractivity contribution in [3.63, 3.8) is 0 Å². The van der Waals surface area contributed by atoms with Gasteiger partial charge in [0.2, 0.25) is 5.82 Å². The molecule has 0 heterocycles. The number of benzene rings is 1. The molecule has 0 saturated heterocycles. The van der Waals surface area contributed by atoms with Crippen molar-refractivity contribution < 1.29 is 32.2 Å². The summed E-state index contributed by atoms with van der Waals surface area (Å²) in [4.78, 5) is 2.20. The minimum absolute atomic E-state index is 0.808. The van der Waals surface area contributed by atoms with E-state index in [0.717, 1.165) is 0 Å². The van der Waals surface area contributed by atoms with Crippen molar-refractivity contribution in [3.05, 3.63) is 45.1 Å². The first-order valence-corrected chi connectivity index (χ1v) is 4.71. The summed E-state index contributed by atoms with van der Waals surface area (Å²) in [7, 11) is 0. The van der Waals surface area contributed by atoms with E-state index in [2.05, 4.69) is 10.0 Å². The third kappa shape index (κ3) is 2.75. The maximum absolute atomic E-state index is 13.2. The Bertz CT molecular complexity index is 518. The molecule has 0 saturated carbocycles. The zero-order valence-corrected chi connectivity index (χ0v) is 8.99. The molecule has 0 aliphatic heterocycles. The van der Waals surface area contributed by atoms with Crippen molar-refractivity contribution in [1.29, 1.82) is 0 Å². The van der Waals surface area contributed by atoms with Crippen molar-refractivity contribution in [2.45, 2.75) is 12.2 Å². The van der Waals surface area contributed by atoms with E-state index >= 15 is 0 Å². The van der Waals surface area contributed by atoms with E-state index in [1.54, 1.807) is 0 Å². The second-order valence-electron chi connectivity index (χ2n) is 3.41. The van der Waals surface area contributed by atoms with E-state index < -0.39 is 53.4 Å². The van der Waals surface area contributed by atoms with Crippen LogP contribution in [0.15, 0.2) is 5.11 Å². The molecule has 1 aromatic rings. The number of nitrogens with zero attached hydrogens (tertiary/aromatic N) is 3. The smallest absolute Gasteiger partial charge is 0.200 e. The van der Waals surface area contributed by atoms with Crippen molar-refractivity contribution >= 4 is 0 Å². The number of hydrogen-bond donors (Lipinski definition) is 2. The van der Waals surface area contributed by atoms with Crippen LogP contribution in [0.2, 0.25) is 0 Å². The van der Waals surface area contributed by atoms with Crippen LogP contribution in [0.25, 0.3) is 10.4 Å². The molecule has 1 rings (SSSR count). The number of aliphatic hydroxyl groups is 2. The normalized spacial score (nSPS) is 13.8. The molecule has 0 spiro atoms. The highest BCUT2D eigenvalue weighted by Gasteiger charge is 2.32. The highest BCUT2D eigenvalue weighted by molar-refractivity contribution is 5.26. The van der Waals surface area contributed by atoms with Gasteiger partial charge in [0.05, 0.1) is 18.2 Å². The van der Waals surface area contributed by atoms with Crippen LogP contribution in [-0.4, -0.2) is 22.9 Å². The van der Waals surface area contributed by atoms with Gasteiger partial charge in [-0.2, -0.15) is 0 Å². The quantitative estimate of drug-likeness (QED) is 0.221. The molecule has 2 atom stereocenters. The van der Waals surface area contributed by atoms with Crippen LogP contribution in [0.5, 0.6) is 0 Å². The summed E-state index contributed by atoms with van der Waals surface area (Å²) in [6.45, 7) is -0.808. The van der Waals surface area contributed by atoms with E-state index in [9.17, 15) is 32.2 Å². The van der Waals surface area contributed by atoms with Gasteiger partial charge < -0.3 is 10.2 Å². The molecule has 0 fully saturated rings. The molecule has 0 bridgehead atoms. The lowest BCUT2D eigenvalue weighted by molar-refractivity contribution is 0.0188. The molecule has 19 heavy (non-hydrogen) atoms. The number of hydrogen-bond acceptors (Lipinski definition) is 3. The molecule has 0 aliphatic rings. The van der Waals surface area contributed by atoms with Crippen LogP contribution >= 0.6 is 0 Å². The molecule has 2 unspecified atom stereocenters. The molecule has 0 aromatic heterocycles. The summed E-state index contributed by atoms with van der Waals surface area (Å²) in [5.74, 6) is -11.4. The van der Waals surface area contributed by atoms with Crippen LogP contribution in [-0.2, 0) is 0 Å². The molecule has 0 aliphatic carbocycles. The monoisotopic (exact) mass is 283 g/mol. The van der Waals surface area contributed by atoms with Crippen LogP contribution in [0.4, 0.5) is 22.0 Å². The standard InChI is InChI=1S/C9H6F5N3O2/c10-4-3(9(19)2(18)1-16-17-15)5(11)7(13)8(14)6(4)12/h2,9,18-19H,1H2. The zero-order chi connectivity index (χ0) is 14.7. The topological polar surface area (TPSA) is 89.2 Å². The maximum Gasteiger partial charge on any atom is 0.200 e. The Morgan fingerprint density at radius 2 is 1.37 bits per heavy atom. The van der Waals surface area contributed by atoms with Crippen LogP contribution in [0.3, 0.4) is 0 Å². The van der Waals surface area contributed by atoms with Gasteiger partial charge >= 0.3 is 0 Å². The van der Waals surface area contributed by atoms with Crippen molar-refractivity contribution in [1.82, 2.24) is 0 Å². The summed E-state index contributed by atoms with van der Waals surface area (Å²) in [6, 6.07) is 0. The first-order chi connectivity index (χ1) is 8.82. The van der Waals surface area contributed by atoms with E-state index in [-0.39, 0.29) is 0 Å². The third-order valence-corrected chi connectivity index (χ3v) is 2.24. The Hall–Kier alpha value is -1.90. The van der Waals surface area contributed by atoms with Gasteiger partial charge in [0, 0.05) is 4.91 Å². The predicted octanol–water partition coefficient (Wildman–Crippen LogP) is 2.09. The molecular formula is C9H6F5N3O2. The summed E-state index contributed by atoms with van der Waals surface area (Å²) in [5, 5.41) is 21.4. The summed E-state index contributed by atoms with van der Waals surface area (Å²) < 4.78 is 64.9. The van der Waals surface area contributed by atoms with E-state index in [4.69, 9.17) is 5.53 Å². The molecule has 10 heteroatoms. The zero-order valence-electron chi connectivity index (χ0n) is 8.99. The first kappa shape index (κ1) is 15.2. The minimum atomic E-state index is -2.44. The van der Waals surface area contributed by atoms with Gasteiger partial charge in [-0.25, -0.2) is 22.0 Å². The van der Waals surface area contributed by atoms with Crippen LogP contribution < -0.4 is 0 Å². The highest BCUT2D eigenvalue weighted by atomic mass is 19.2. The second-order valence-corrected chi connectivity index (χ2v) is 3.41. The van der Waals surface area contributed by atoms with Crippen LogP contribution in [0, 0.1) is 29.1 Å². The average molecular weight is 283 g/mol. The Kier molecular flexibility index (Phi) is 4.65. The molecule has 1 aromatic carbocycles. The molecule has 2 N–H and O–H groups in total. The lowest BCUT2D eigenvalue weighted by Crippen LogP contribution is -2.24. The largest absolute Gasteiger partial charge is 0.390 e. The fraction of sp³-hybridized carbons (Fsp3) is 0.333. The van der Waals surface area contributed by atoms with Gasteiger partial charge in [-0.1, -0.05) is 5.11 Å². The van der Waals surface area contributed by atoms with Gasteiger partial charge in [-0.3, -0.25) is 0 Å². The average Bonchev–Trinajstić information content (AvgIpc) is 2.40. The molecule has 5 nitrogen and oxygen atoms in total. The Labute approximate surface area is 102 Å². The molecule has 0 amide bonds. The minimum Gasteiger partial charge on any atom is -0.390 e. The van der Waals surface area contributed by atoms with Crippen molar-refractivity contribution in [3.8, 4) is 0 Å². The summed E-state index contributed by atoms with van der Waals surface area (Å²) >= 11 is 0. The number of aliphatic hydroxyl groups excluding tert-OH is 2. The third-order valence-electron chi connectivity index (χ3n) is 2.24. The van der Waals surface area contributed by atoms with Gasteiger partial charge in [0.15, 0.2) is 23.3 Å². The van der Waals surface area contributed by atoms with Gasteiger partial charge in [0.25, 0.3) is 0 Å². The SMILES string of the molecule is [N-]=[N+]=NCC(O)C(O)c1c(F)c(F)c(F)c(F)c1F. The number of rotatable bonds is 4. The van der Waals surface area contributed by atoms with Crippen molar-refractivity contribution in [2.75, 3.05) is 6.54 Å². The molecular weight excluding hydrogens is 277 g/mol. The summed E-state index contributed by atoms with van der Waals surface area (Å²) in [6.07, 6.45) is -4.46. The van der Waals surface area contributed by atoms with Gasteiger partial charge in [-0.05, 0) is 5.53 Å². The fourth-order valence-corrected chi connectivity index (χ4v) is 1.29. The van der Waals surface area contributed by atoms with Gasteiger partial charge in [-0.15, -0.1) is 0 Å². The number of azide groups is 1. The predicted molar refractivity (Wildman–Crippen MR) is 51.2 cm³/mol.